The molecule has 0 saturated carbocycles. The van der Waals surface area contributed by atoms with Crippen molar-refractivity contribution in [3.05, 3.63) is 65.9 Å². The zero-order valence-electron chi connectivity index (χ0n) is 16.2. The maximum absolute atomic E-state index is 12.6. The number of carbonyl (C=O) groups is 2. The summed E-state index contributed by atoms with van der Waals surface area (Å²) in [7, 11) is 1.61. The number of nitrogens with zero attached hydrogens (tertiary/aromatic N) is 2. The van der Waals surface area contributed by atoms with Crippen LogP contribution in [0.5, 0.6) is 5.75 Å². The molecule has 28 heavy (non-hydrogen) atoms. The van der Waals surface area contributed by atoms with Crippen molar-refractivity contribution in [2.24, 2.45) is 0 Å². The molecule has 0 atom stereocenters. The second kappa shape index (κ2) is 8.52. The van der Waals surface area contributed by atoms with E-state index in [9.17, 15) is 9.59 Å². The highest BCUT2D eigenvalue weighted by Crippen LogP contribution is 2.20. The van der Waals surface area contributed by atoms with Crippen molar-refractivity contribution >= 4 is 28.4 Å². The van der Waals surface area contributed by atoms with Crippen molar-refractivity contribution in [3.8, 4) is 5.75 Å². The topological polar surface area (TPSA) is 71.5 Å². The van der Waals surface area contributed by atoms with Gasteiger partial charge in [-0.2, -0.15) is 0 Å². The number of amides is 2. The molecule has 144 valence electrons. The van der Waals surface area contributed by atoms with E-state index in [-0.39, 0.29) is 11.8 Å². The van der Waals surface area contributed by atoms with E-state index in [1.54, 1.807) is 48.4 Å². The molecule has 3 aromatic rings. The van der Waals surface area contributed by atoms with E-state index in [2.05, 4.69) is 10.3 Å². The SMILES string of the molecule is CCN(CC)C(=O)c1cccc(NC(=O)c2ccc3cc(OC)ccc3n2)c1. The fourth-order valence-electron chi connectivity index (χ4n) is 2.98. The first-order valence-electron chi connectivity index (χ1n) is 9.21. The Kier molecular flexibility index (Phi) is 5.89. The molecule has 1 heterocycles. The number of ether oxygens (including phenoxy) is 1. The molecular formula is C22H23N3O3. The predicted octanol–water partition coefficient (Wildman–Crippen LogP) is 3.98. The molecule has 0 unspecified atom stereocenters. The average Bonchev–Trinajstić information content (AvgIpc) is 2.73. The van der Waals surface area contributed by atoms with Crippen LogP contribution in [-0.2, 0) is 0 Å². The van der Waals surface area contributed by atoms with Crippen molar-refractivity contribution in [3.63, 3.8) is 0 Å². The van der Waals surface area contributed by atoms with Crippen LogP contribution in [0.2, 0.25) is 0 Å². The third-order valence-electron chi connectivity index (χ3n) is 4.55. The molecule has 2 aromatic carbocycles. The van der Waals surface area contributed by atoms with Crippen LogP contribution >= 0.6 is 0 Å². The first-order chi connectivity index (χ1) is 13.5. The molecule has 6 heteroatoms. The predicted molar refractivity (Wildman–Crippen MR) is 110 cm³/mol. The quantitative estimate of drug-likeness (QED) is 0.705. The van der Waals surface area contributed by atoms with E-state index >= 15 is 0 Å². The minimum atomic E-state index is -0.329. The smallest absolute Gasteiger partial charge is 0.274 e. The number of pyridine rings is 1. The van der Waals surface area contributed by atoms with Gasteiger partial charge in [-0.25, -0.2) is 4.98 Å². The summed E-state index contributed by atoms with van der Waals surface area (Å²) in [6, 6.07) is 15.9. The lowest BCUT2D eigenvalue weighted by atomic mass is 10.1. The normalized spacial score (nSPS) is 10.5. The van der Waals surface area contributed by atoms with Gasteiger partial charge in [0.2, 0.25) is 0 Å². The first kappa shape index (κ1) is 19.4. The molecule has 3 rings (SSSR count). The van der Waals surface area contributed by atoms with Crippen molar-refractivity contribution in [2.45, 2.75) is 13.8 Å². The molecule has 6 nitrogen and oxygen atoms in total. The van der Waals surface area contributed by atoms with Crippen LogP contribution in [0.4, 0.5) is 5.69 Å². The van der Waals surface area contributed by atoms with Gasteiger partial charge < -0.3 is 15.0 Å². The van der Waals surface area contributed by atoms with Gasteiger partial charge in [0.1, 0.15) is 11.4 Å². The number of rotatable bonds is 6. The van der Waals surface area contributed by atoms with Crippen LogP contribution in [0, 0.1) is 0 Å². The Morgan fingerprint density at radius 2 is 1.82 bits per heavy atom. The van der Waals surface area contributed by atoms with Gasteiger partial charge >= 0.3 is 0 Å². The standard InChI is InChI=1S/C22H23N3O3/c1-4-25(5-2)22(27)16-7-6-8-17(13-16)23-21(26)20-11-9-15-14-18(28-3)10-12-19(15)24-20/h6-14H,4-5H2,1-3H3,(H,23,26). The number of benzene rings is 2. The highest BCUT2D eigenvalue weighted by molar-refractivity contribution is 6.05. The lowest BCUT2D eigenvalue weighted by Gasteiger charge is -2.19. The molecule has 0 aliphatic carbocycles. The van der Waals surface area contributed by atoms with Crippen LogP contribution in [0.1, 0.15) is 34.7 Å². The molecule has 0 fully saturated rings. The summed E-state index contributed by atoms with van der Waals surface area (Å²) in [4.78, 5) is 31.3. The Bertz CT molecular complexity index is 1010. The zero-order chi connectivity index (χ0) is 20.1. The number of anilines is 1. The number of hydrogen-bond acceptors (Lipinski definition) is 4. The van der Waals surface area contributed by atoms with Gasteiger partial charge in [0.05, 0.1) is 12.6 Å². The van der Waals surface area contributed by atoms with Crippen molar-refractivity contribution < 1.29 is 14.3 Å². The van der Waals surface area contributed by atoms with Crippen molar-refractivity contribution in [1.29, 1.82) is 0 Å². The lowest BCUT2D eigenvalue weighted by molar-refractivity contribution is 0.0772. The molecule has 0 aliphatic rings. The summed E-state index contributed by atoms with van der Waals surface area (Å²) in [5, 5.41) is 3.71. The summed E-state index contributed by atoms with van der Waals surface area (Å²) in [5.41, 5.74) is 2.11. The fraction of sp³-hybridized carbons (Fsp3) is 0.227. The highest BCUT2D eigenvalue weighted by Gasteiger charge is 2.14. The number of hydrogen-bond donors (Lipinski definition) is 1. The molecule has 0 radical (unpaired) electrons. The summed E-state index contributed by atoms with van der Waals surface area (Å²) in [5.74, 6) is 0.352. The third kappa shape index (κ3) is 4.11. The maximum Gasteiger partial charge on any atom is 0.274 e. The Morgan fingerprint density at radius 3 is 2.54 bits per heavy atom. The largest absolute Gasteiger partial charge is 0.497 e. The number of aromatic nitrogens is 1. The van der Waals surface area contributed by atoms with Crippen LogP contribution in [0.25, 0.3) is 10.9 Å². The van der Waals surface area contributed by atoms with E-state index in [4.69, 9.17) is 4.74 Å². The summed E-state index contributed by atoms with van der Waals surface area (Å²) < 4.78 is 5.20. The second-order valence-electron chi connectivity index (χ2n) is 6.27. The monoisotopic (exact) mass is 377 g/mol. The van der Waals surface area contributed by atoms with Gasteiger partial charge in [-0.05, 0) is 56.3 Å². The average molecular weight is 377 g/mol. The molecule has 0 aliphatic heterocycles. The number of carbonyl (C=O) groups excluding carboxylic acids is 2. The summed E-state index contributed by atoms with van der Waals surface area (Å²) in [6.45, 7) is 5.15. The Balaban J connectivity index is 1.80. The second-order valence-corrected chi connectivity index (χ2v) is 6.27. The van der Waals surface area contributed by atoms with Crippen LogP contribution in [-0.4, -0.2) is 41.9 Å². The molecule has 2 amide bonds. The molecule has 1 aromatic heterocycles. The fourth-order valence-corrected chi connectivity index (χ4v) is 2.98. The minimum Gasteiger partial charge on any atom is -0.497 e. The van der Waals surface area contributed by atoms with Crippen LogP contribution < -0.4 is 10.1 Å². The Hall–Kier alpha value is -3.41. The van der Waals surface area contributed by atoms with E-state index in [1.807, 2.05) is 32.0 Å². The number of nitrogens with one attached hydrogen (secondary N) is 1. The Morgan fingerprint density at radius 1 is 1.04 bits per heavy atom. The van der Waals surface area contributed by atoms with E-state index < -0.39 is 0 Å². The van der Waals surface area contributed by atoms with Gasteiger partial charge in [-0.1, -0.05) is 12.1 Å². The minimum absolute atomic E-state index is 0.0566. The third-order valence-corrected chi connectivity index (χ3v) is 4.55. The molecule has 0 saturated heterocycles. The number of methoxy groups -OCH3 is 1. The van der Waals surface area contributed by atoms with E-state index in [1.165, 1.54) is 0 Å². The van der Waals surface area contributed by atoms with Crippen LogP contribution in [0.3, 0.4) is 0 Å². The van der Waals surface area contributed by atoms with Gasteiger partial charge in [-0.15, -0.1) is 0 Å². The van der Waals surface area contributed by atoms with Crippen molar-refractivity contribution in [2.75, 3.05) is 25.5 Å². The maximum atomic E-state index is 12.6. The van der Waals surface area contributed by atoms with Crippen molar-refractivity contribution in [1.82, 2.24) is 9.88 Å². The Labute approximate surface area is 164 Å². The van der Waals surface area contributed by atoms with Gasteiger partial charge in [0.15, 0.2) is 0 Å². The summed E-state index contributed by atoms with van der Waals surface area (Å²) in [6.07, 6.45) is 0. The van der Waals surface area contributed by atoms with E-state index in [0.29, 0.717) is 35.6 Å². The molecule has 0 bridgehead atoms. The van der Waals surface area contributed by atoms with Gasteiger partial charge in [-0.3, -0.25) is 9.59 Å². The highest BCUT2D eigenvalue weighted by atomic mass is 16.5. The summed E-state index contributed by atoms with van der Waals surface area (Å²) >= 11 is 0. The molecule has 0 spiro atoms. The van der Waals surface area contributed by atoms with E-state index in [0.717, 1.165) is 11.1 Å². The number of fused-ring (bicyclic) bond motifs is 1. The zero-order valence-corrected chi connectivity index (χ0v) is 16.2. The van der Waals surface area contributed by atoms with Gasteiger partial charge in [0.25, 0.3) is 11.8 Å². The first-order valence-corrected chi connectivity index (χ1v) is 9.21. The van der Waals surface area contributed by atoms with Gasteiger partial charge in [0, 0.05) is 29.7 Å². The molecular weight excluding hydrogens is 354 g/mol. The van der Waals surface area contributed by atoms with Crippen LogP contribution in [0.15, 0.2) is 54.6 Å². The lowest BCUT2D eigenvalue weighted by Crippen LogP contribution is -2.30. The molecule has 1 N–H and O–H groups in total.